The van der Waals surface area contributed by atoms with Gasteiger partial charge < -0.3 is 19.1 Å². The van der Waals surface area contributed by atoms with Crippen molar-refractivity contribution >= 4 is 0 Å². The van der Waals surface area contributed by atoms with Gasteiger partial charge in [-0.15, -0.1) is 0 Å². The van der Waals surface area contributed by atoms with Gasteiger partial charge in [0, 0.05) is 5.92 Å². The summed E-state index contributed by atoms with van der Waals surface area (Å²) in [4.78, 5) is 13.1. The molecule has 2 heterocycles. The second kappa shape index (κ2) is 8.41. The van der Waals surface area contributed by atoms with E-state index in [0.29, 0.717) is 42.0 Å². The summed E-state index contributed by atoms with van der Waals surface area (Å²) in [5.41, 5.74) is 2.49. The lowest BCUT2D eigenvalue weighted by Gasteiger charge is -2.14. The van der Waals surface area contributed by atoms with E-state index in [1.54, 1.807) is 13.4 Å². The Labute approximate surface area is 175 Å². The Balaban J connectivity index is 1.61. The third kappa shape index (κ3) is 4.05. The Morgan fingerprint density at radius 3 is 2.53 bits per heavy atom. The van der Waals surface area contributed by atoms with Gasteiger partial charge in [-0.3, -0.25) is 0 Å². The molecule has 0 aromatic heterocycles. The van der Waals surface area contributed by atoms with Gasteiger partial charge in [-0.25, -0.2) is 15.0 Å². The molecule has 0 saturated carbocycles. The molecule has 154 valence electrons. The Bertz CT molecular complexity index is 1110. The number of benzene rings is 2. The van der Waals surface area contributed by atoms with Gasteiger partial charge in [0.05, 0.1) is 13.7 Å². The minimum absolute atomic E-state index is 0.109. The molecule has 0 spiro atoms. The van der Waals surface area contributed by atoms with Crippen LogP contribution in [-0.2, 0) is 13.2 Å². The van der Waals surface area contributed by atoms with E-state index < -0.39 is 0 Å². The minimum Gasteiger partial charge on any atom is -0.493 e. The van der Waals surface area contributed by atoms with Crippen LogP contribution in [0.4, 0.5) is 0 Å². The molecule has 1 N–H and O–H groups in total. The van der Waals surface area contributed by atoms with E-state index in [0.717, 1.165) is 11.1 Å². The summed E-state index contributed by atoms with van der Waals surface area (Å²) in [5.74, 6) is 2.67. The van der Waals surface area contributed by atoms with E-state index in [-0.39, 0.29) is 11.8 Å². The van der Waals surface area contributed by atoms with Crippen LogP contribution < -0.4 is 9.47 Å². The zero-order valence-electron chi connectivity index (χ0n) is 17.2. The first-order chi connectivity index (χ1) is 14.5. The summed E-state index contributed by atoms with van der Waals surface area (Å²) in [6, 6.07) is 15.8. The first kappa shape index (κ1) is 19.7. The van der Waals surface area contributed by atoms with Gasteiger partial charge in [0.1, 0.15) is 18.8 Å². The summed E-state index contributed by atoms with van der Waals surface area (Å²) in [5, 5.41) is 10.1. The largest absolute Gasteiger partial charge is 0.493 e. The van der Waals surface area contributed by atoms with Gasteiger partial charge in [0.25, 0.3) is 0 Å². The zero-order chi connectivity index (χ0) is 21.1. The van der Waals surface area contributed by atoms with Crippen LogP contribution in [0, 0.1) is 0 Å². The molecule has 7 heteroatoms. The van der Waals surface area contributed by atoms with Crippen LogP contribution in [0.1, 0.15) is 36.7 Å². The van der Waals surface area contributed by atoms with Crippen molar-refractivity contribution in [2.75, 3.05) is 7.11 Å². The smallest absolute Gasteiger partial charge is 0.242 e. The van der Waals surface area contributed by atoms with E-state index in [1.807, 2.05) is 66.9 Å². The summed E-state index contributed by atoms with van der Waals surface area (Å²) in [6.45, 7) is 4.99. The number of ether oxygens (including phenoxy) is 2. The highest BCUT2D eigenvalue weighted by Crippen LogP contribution is 2.32. The number of fused-ring (bicyclic) bond motifs is 1. The maximum atomic E-state index is 10.1. The second-order valence-electron chi connectivity index (χ2n) is 7.36. The van der Waals surface area contributed by atoms with Gasteiger partial charge in [-0.2, -0.15) is 0 Å². The number of methoxy groups -OCH3 is 1. The van der Waals surface area contributed by atoms with Crippen molar-refractivity contribution in [1.82, 2.24) is 19.5 Å². The number of aromatic nitrogens is 4. The molecule has 2 aromatic rings. The molecule has 0 radical (unpaired) electrons. The molecular weight excluding hydrogens is 380 g/mol. The highest BCUT2D eigenvalue weighted by Gasteiger charge is 2.21. The Kier molecular flexibility index (Phi) is 5.52. The van der Waals surface area contributed by atoms with Crippen molar-refractivity contribution in [3.8, 4) is 28.9 Å². The summed E-state index contributed by atoms with van der Waals surface area (Å²) < 4.78 is 13.3. The van der Waals surface area contributed by atoms with Gasteiger partial charge >= 0.3 is 0 Å². The number of nitrogens with zero attached hydrogens (tertiary/aromatic N) is 4. The number of hydrogen-bond acceptors (Lipinski definition) is 6. The molecule has 0 bridgehead atoms. The van der Waals surface area contributed by atoms with E-state index in [1.165, 1.54) is 0 Å². The van der Waals surface area contributed by atoms with Crippen LogP contribution in [0.25, 0.3) is 11.5 Å². The average Bonchev–Trinajstić information content (AvgIpc) is 3.22. The molecule has 7 nitrogen and oxygen atoms in total. The number of hydrogen-bond donors (Lipinski definition) is 1. The average molecular weight is 404 g/mol. The van der Waals surface area contributed by atoms with Gasteiger partial charge in [-0.05, 0) is 23.3 Å². The lowest BCUT2D eigenvalue weighted by atomic mass is 10.2. The van der Waals surface area contributed by atoms with Crippen molar-refractivity contribution in [3.63, 3.8) is 0 Å². The van der Waals surface area contributed by atoms with Gasteiger partial charge in [0.2, 0.25) is 5.88 Å². The molecule has 0 saturated heterocycles. The fourth-order valence-electron chi connectivity index (χ4n) is 3.18. The number of imidazole rings is 1. The molecule has 0 atom stereocenters. The Morgan fingerprint density at radius 1 is 1.00 bits per heavy atom. The van der Waals surface area contributed by atoms with E-state index in [4.69, 9.17) is 9.47 Å². The van der Waals surface area contributed by atoms with Crippen molar-refractivity contribution in [1.29, 1.82) is 0 Å². The van der Waals surface area contributed by atoms with Crippen LogP contribution in [0.2, 0.25) is 0 Å². The topological polar surface area (TPSA) is 82.3 Å². The quantitative estimate of drug-likeness (QED) is 0.496. The van der Waals surface area contributed by atoms with Crippen LogP contribution in [0.15, 0.2) is 54.9 Å². The number of rotatable bonds is 7. The molecule has 0 unspecified atom stereocenters. The monoisotopic (exact) mass is 404 g/mol. The van der Waals surface area contributed by atoms with Gasteiger partial charge in [-0.1, -0.05) is 50.2 Å². The van der Waals surface area contributed by atoms with Crippen LogP contribution in [0.5, 0.6) is 17.4 Å². The Morgan fingerprint density at radius 2 is 1.80 bits per heavy atom. The molecule has 0 fully saturated rings. The predicted octanol–water partition coefficient (Wildman–Crippen LogP) is 4.24. The summed E-state index contributed by atoms with van der Waals surface area (Å²) >= 11 is 0. The highest BCUT2D eigenvalue weighted by atomic mass is 16.5. The lowest BCUT2D eigenvalue weighted by molar-refractivity contribution is 0.284. The molecule has 0 amide bonds. The third-order valence-electron chi connectivity index (χ3n) is 4.80. The first-order valence-electron chi connectivity index (χ1n) is 9.80. The number of aromatic hydroxyl groups is 1. The molecule has 2 aliphatic rings. The molecule has 30 heavy (non-hydrogen) atoms. The molecule has 0 aliphatic carbocycles. The van der Waals surface area contributed by atoms with Crippen molar-refractivity contribution in [2.24, 2.45) is 0 Å². The van der Waals surface area contributed by atoms with Crippen LogP contribution >= 0.6 is 0 Å². The van der Waals surface area contributed by atoms with Crippen molar-refractivity contribution in [2.45, 2.75) is 32.9 Å². The highest BCUT2D eigenvalue weighted by molar-refractivity contribution is 5.58. The minimum atomic E-state index is -0.109. The predicted molar refractivity (Wildman–Crippen MR) is 113 cm³/mol. The SMILES string of the molecule is COc1ccc(Cn2cnc(O)c3nc(C(C)C)nc2-3)cc1OCc1ccccc1. The normalized spacial score (nSPS) is 11.2. The first-order valence-corrected chi connectivity index (χ1v) is 9.80. The van der Waals surface area contributed by atoms with Crippen LogP contribution in [-0.4, -0.2) is 31.7 Å². The lowest BCUT2D eigenvalue weighted by Crippen LogP contribution is -2.07. The molecule has 4 rings (SSSR count). The molecular formula is C23H24N4O3. The maximum Gasteiger partial charge on any atom is 0.242 e. The van der Waals surface area contributed by atoms with E-state index in [9.17, 15) is 5.11 Å². The standard InChI is InChI=1S/C23H24N4O3/c1-15(2)21-25-20-22(26-21)27(14-24-23(20)28)12-17-9-10-18(29-3)19(11-17)30-13-16-7-5-4-6-8-16/h4-11,14-15,28H,12-13H2,1-3H3. The van der Waals surface area contributed by atoms with E-state index >= 15 is 0 Å². The summed E-state index contributed by atoms with van der Waals surface area (Å²) in [7, 11) is 1.62. The zero-order valence-corrected chi connectivity index (χ0v) is 17.2. The van der Waals surface area contributed by atoms with Crippen molar-refractivity contribution in [3.05, 3.63) is 71.8 Å². The second-order valence-corrected chi connectivity index (χ2v) is 7.36. The fourth-order valence-corrected chi connectivity index (χ4v) is 3.18. The van der Waals surface area contributed by atoms with Crippen LogP contribution in [0.3, 0.4) is 0 Å². The maximum absolute atomic E-state index is 10.1. The van der Waals surface area contributed by atoms with E-state index in [2.05, 4.69) is 15.0 Å². The fraction of sp³-hybridized carbons (Fsp3) is 0.261. The Hall–Kier alpha value is -3.61. The molecule has 2 aliphatic heterocycles. The summed E-state index contributed by atoms with van der Waals surface area (Å²) in [6.07, 6.45) is 1.57. The van der Waals surface area contributed by atoms with Gasteiger partial charge in [0.15, 0.2) is 23.0 Å². The molecule has 2 aromatic carbocycles. The van der Waals surface area contributed by atoms with Crippen molar-refractivity contribution < 1.29 is 14.6 Å². The third-order valence-corrected chi connectivity index (χ3v) is 4.80.